The van der Waals surface area contributed by atoms with E-state index in [2.05, 4.69) is 32.9 Å². The first-order chi connectivity index (χ1) is 11.0. The minimum Gasteiger partial charge on any atom is -0.464 e. The van der Waals surface area contributed by atoms with Gasteiger partial charge in [-0.25, -0.2) is 0 Å². The molecule has 0 bridgehead atoms. The fourth-order valence-electron chi connectivity index (χ4n) is 3.32. The van der Waals surface area contributed by atoms with Crippen molar-refractivity contribution in [3.05, 3.63) is 35.1 Å². The average Bonchev–Trinajstić information content (AvgIpc) is 2.88. The molecule has 1 aromatic heterocycles. The molecule has 2 heterocycles. The Hall–Kier alpha value is -1.81. The fourth-order valence-corrected chi connectivity index (χ4v) is 3.32. The van der Waals surface area contributed by atoms with Crippen LogP contribution in [-0.2, 0) is 16.0 Å². The number of nitrogens with zero attached hydrogens (tertiary/aromatic N) is 1. The molecule has 1 aliphatic rings. The van der Waals surface area contributed by atoms with Crippen LogP contribution >= 0.6 is 0 Å². The molecule has 4 nitrogen and oxygen atoms in total. The monoisotopic (exact) mass is 315 g/mol. The molecule has 0 aliphatic carbocycles. The summed E-state index contributed by atoms with van der Waals surface area (Å²) >= 11 is 0. The van der Waals surface area contributed by atoms with Crippen molar-refractivity contribution >= 4 is 16.9 Å². The Balaban J connectivity index is 1.85. The van der Waals surface area contributed by atoms with Crippen molar-refractivity contribution in [3.8, 4) is 0 Å². The first-order valence-corrected chi connectivity index (χ1v) is 8.35. The lowest BCUT2D eigenvalue weighted by atomic mass is 9.95. The van der Waals surface area contributed by atoms with Crippen LogP contribution in [0.2, 0.25) is 0 Å². The zero-order chi connectivity index (χ0) is 16.6. The van der Waals surface area contributed by atoms with Crippen LogP contribution in [0.25, 0.3) is 11.0 Å². The maximum absolute atomic E-state index is 12.6. The highest BCUT2D eigenvalue weighted by Gasteiger charge is 2.22. The van der Waals surface area contributed by atoms with Gasteiger partial charge in [0.2, 0.25) is 5.91 Å². The van der Waals surface area contributed by atoms with E-state index in [0.29, 0.717) is 32.0 Å². The fraction of sp³-hybridized carbons (Fsp3) is 0.526. The number of rotatable bonds is 3. The molecule has 23 heavy (non-hydrogen) atoms. The maximum atomic E-state index is 12.6. The number of ether oxygens (including phenoxy) is 1. The summed E-state index contributed by atoms with van der Waals surface area (Å²) < 4.78 is 11.2. The van der Waals surface area contributed by atoms with Gasteiger partial charge in [-0.2, -0.15) is 0 Å². The summed E-state index contributed by atoms with van der Waals surface area (Å²) in [7, 11) is 0. The second-order valence-electron chi connectivity index (χ2n) is 6.82. The number of carbonyl (C=O) groups is 1. The second kappa shape index (κ2) is 6.36. The summed E-state index contributed by atoms with van der Waals surface area (Å²) in [4.78, 5) is 14.5. The molecule has 0 spiro atoms. The summed E-state index contributed by atoms with van der Waals surface area (Å²) in [6.45, 7) is 10.5. The SMILES string of the molecule is Cc1cc2occ(CC(=O)N3CCOC(C)C3)c2cc1C(C)C. The van der Waals surface area contributed by atoms with Crippen LogP contribution in [0, 0.1) is 6.92 Å². The number of morpholine rings is 1. The quantitative estimate of drug-likeness (QED) is 0.868. The molecule has 3 rings (SSSR count). The highest BCUT2D eigenvalue weighted by molar-refractivity contribution is 5.88. The lowest BCUT2D eigenvalue weighted by Crippen LogP contribution is -2.45. The summed E-state index contributed by atoms with van der Waals surface area (Å²) in [6, 6.07) is 4.26. The van der Waals surface area contributed by atoms with Crippen LogP contribution < -0.4 is 0 Å². The molecule has 124 valence electrons. The summed E-state index contributed by atoms with van der Waals surface area (Å²) in [5, 5.41) is 1.06. The van der Waals surface area contributed by atoms with Gasteiger partial charge in [-0.15, -0.1) is 0 Å². The molecule has 1 amide bonds. The normalized spacial score (nSPS) is 18.8. The van der Waals surface area contributed by atoms with Gasteiger partial charge in [0.25, 0.3) is 0 Å². The van der Waals surface area contributed by atoms with E-state index in [9.17, 15) is 4.79 Å². The van der Waals surface area contributed by atoms with Crippen LogP contribution in [0.5, 0.6) is 0 Å². The molecule has 0 saturated carbocycles. The van der Waals surface area contributed by atoms with Crippen molar-refractivity contribution in [2.75, 3.05) is 19.7 Å². The third kappa shape index (κ3) is 3.27. The number of hydrogen-bond donors (Lipinski definition) is 0. The minimum absolute atomic E-state index is 0.115. The molecule has 1 aliphatic heterocycles. The smallest absolute Gasteiger partial charge is 0.227 e. The molecule has 0 radical (unpaired) electrons. The van der Waals surface area contributed by atoms with Gasteiger partial charge < -0.3 is 14.1 Å². The Kier molecular flexibility index (Phi) is 4.44. The van der Waals surface area contributed by atoms with Crippen LogP contribution in [0.1, 0.15) is 43.4 Å². The van der Waals surface area contributed by atoms with Crippen LogP contribution in [-0.4, -0.2) is 36.6 Å². The van der Waals surface area contributed by atoms with E-state index in [1.807, 2.05) is 11.8 Å². The molecular formula is C19H25NO3. The largest absolute Gasteiger partial charge is 0.464 e. The number of carbonyl (C=O) groups excluding carboxylic acids is 1. The van der Waals surface area contributed by atoms with E-state index >= 15 is 0 Å². The van der Waals surface area contributed by atoms with Crippen LogP contribution in [0.4, 0.5) is 0 Å². The highest BCUT2D eigenvalue weighted by atomic mass is 16.5. The van der Waals surface area contributed by atoms with Crippen molar-refractivity contribution in [1.29, 1.82) is 0 Å². The number of aryl methyl sites for hydroxylation is 1. The number of hydrogen-bond acceptors (Lipinski definition) is 3. The predicted octanol–water partition coefficient (Wildman–Crippen LogP) is 3.65. The number of amides is 1. The van der Waals surface area contributed by atoms with Gasteiger partial charge >= 0.3 is 0 Å². The van der Waals surface area contributed by atoms with Gasteiger partial charge in [0.1, 0.15) is 5.58 Å². The van der Waals surface area contributed by atoms with Gasteiger partial charge in [-0.3, -0.25) is 4.79 Å². The number of furan rings is 1. The van der Waals surface area contributed by atoms with E-state index in [-0.39, 0.29) is 12.0 Å². The Morgan fingerprint density at radius 2 is 2.17 bits per heavy atom. The lowest BCUT2D eigenvalue weighted by Gasteiger charge is -2.31. The third-order valence-electron chi connectivity index (χ3n) is 4.60. The summed E-state index contributed by atoms with van der Waals surface area (Å²) in [5.41, 5.74) is 4.39. The first-order valence-electron chi connectivity index (χ1n) is 8.35. The van der Waals surface area contributed by atoms with E-state index in [1.54, 1.807) is 6.26 Å². The standard InChI is InChI=1S/C19H25NO3/c1-12(2)16-9-17-15(11-23-18(17)7-13(16)3)8-19(21)20-5-6-22-14(4)10-20/h7,9,11-12,14H,5-6,8,10H2,1-4H3. The third-order valence-corrected chi connectivity index (χ3v) is 4.60. The molecule has 1 aromatic carbocycles. The topological polar surface area (TPSA) is 42.7 Å². The minimum atomic E-state index is 0.115. The molecule has 1 fully saturated rings. The van der Waals surface area contributed by atoms with Gasteiger partial charge in [0.15, 0.2) is 0 Å². The van der Waals surface area contributed by atoms with Crippen molar-refractivity contribution in [1.82, 2.24) is 4.90 Å². The van der Waals surface area contributed by atoms with E-state index in [1.165, 1.54) is 11.1 Å². The molecule has 1 unspecified atom stereocenters. The molecule has 1 saturated heterocycles. The van der Waals surface area contributed by atoms with Crippen molar-refractivity contribution in [2.45, 2.75) is 46.1 Å². The van der Waals surface area contributed by atoms with E-state index in [4.69, 9.17) is 9.15 Å². The zero-order valence-corrected chi connectivity index (χ0v) is 14.4. The first kappa shape index (κ1) is 16.1. The summed E-state index contributed by atoms with van der Waals surface area (Å²) in [5.74, 6) is 0.604. The Labute approximate surface area is 137 Å². The van der Waals surface area contributed by atoms with Gasteiger partial charge in [-0.1, -0.05) is 13.8 Å². The van der Waals surface area contributed by atoms with Crippen molar-refractivity contribution in [3.63, 3.8) is 0 Å². The number of fused-ring (bicyclic) bond motifs is 1. The maximum Gasteiger partial charge on any atom is 0.227 e. The van der Waals surface area contributed by atoms with E-state index < -0.39 is 0 Å². The Bertz CT molecular complexity index is 717. The van der Waals surface area contributed by atoms with Gasteiger partial charge in [-0.05, 0) is 43.0 Å². The lowest BCUT2D eigenvalue weighted by molar-refractivity contribution is -0.137. The van der Waals surface area contributed by atoms with Crippen molar-refractivity contribution < 1.29 is 13.9 Å². The van der Waals surface area contributed by atoms with Gasteiger partial charge in [0.05, 0.1) is 25.4 Å². The molecule has 0 N–H and O–H groups in total. The molecule has 4 heteroatoms. The molecule has 1 atom stereocenters. The van der Waals surface area contributed by atoms with Gasteiger partial charge in [0, 0.05) is 24.0 Å². The molecular weight excluding hydrogens is 290 g/mol. The Morgan fingerprint density at radius 1 is 1.39 bits per heavy atom. The average molecular weight is 315 g/mol. The zero-order valence-electron chi connectivity index (χ0n) is 14.4. The molecule has 2 aromatic rings. The number of benzene rings is 1. The van der Waals surface area contributed by atoms with E-state index in [0.717, 1.165) is 16.5 Å². The predicted molar refractivity (Wildman–Crippen MR) is 90.7 cm³/mol. The Morgan fingerprint density at radius 3 is 2.87 bits per heavy atom. The van der Waals surface area contributed by atoms with Crippen LogP contribution in [0.3, 0.4) is 0 Å². The summed E-state index contributed by atoms with van der Waals surface area (Å²) in [6.07, 6.45) is 2.24. The second-order valence-corrected chi connectivity index (χ2v) is 6.82. The van der Waals surface area contributed by atoms with Crippen molar-refractivity contribution in [2.24, 2.45) is 0 Å². The highest BCUT2D eigenvalue weighted by Crippen LogP contribution is 2.29. The van der Waals surface area contributed by atoms with Crippen LogP contribution in [0.15, 0.2) is 22.8 Å².